The van der Waals surface area contributed by atoms with Gasteiger partial charge < -0.3 is 69.5 Å². The second-order valence-corrected chi connectivity index (χ2v) is 10.4. The van der Waals surface area contributed by atoms with Crippen LogP contribution in [0.1, 0.15) is 94.5 Å². The Morgan fingerprint density at radius 1 is 0.328 bits per heavy atom. The Hall–Kier alpha value is -5.12. The molecule has 0 saturated heterocycles. The molecule has 0 saturated carbocycles. The Bertz CT molecular complexity index is 841. The van der Waals surface area contributed by atoms with E-state index in [0.717, 1.165) is 0 Å². The second-order valence-electron chi connectivity index (χ2n) is 10.4. The molecule has 0 aromatic rings. The molecule has 8 amide bonds. The maximum Gasteiger partial charge on any atom is 0.406 e. The third-order valence-corrected chi connectivity index (χ3v) is 3.85. The molecule has 0 atom stereocenters. The molecule has 0 fully saturated rings. The van der Waals surface area contributed by atoms with Gasteiger partial charge in [-0.1, -0.05) is 66.8 Å². The molecule has 0 bridgehead atoms. The van der Waals surface area contributed by atoms with Gasteiger partial charge in [0, 0.05) is 126 Å². The number of carbonyl (C=O) groups excluding carboxylic acids is 8. The predicted molar refractivity (Wildman–Crippen MR) is 276 cm³/mol. The molecule has 4 N–H and O–H groups in total. The maximum absolute atomic E-state index is 10.3. The number of carbonyl (C=O) groups is 8. The van der Waals surface area contributed by atoms with Gasteiger partial charge in [-0.05, 0) is 21.1 Å². The smallest absolute Gasteiger partial charge is 0.406 e. The summed E-state index contributed by atoms with van der Waals surface area (Å²) in [7, 11) is 34.5. The first kappa shape index (κ1) is 124. The SMILES string of the molecule is C.C.C.C.C.C.C.C.C.CC(=O)N(C)C.CC(=O)N(C)C.CN(C)C.CNC(=O)N(C)C.CNC(=O)N(C)C.CNC(=O)OC.CNC(=O)OC.COC.COC(C)=O.COC(C)=O. The lowest BCUT2D eigenvalue weighted by atomic mass is 10.7. The number of rotatable bonds is 0. The van der Waals surface area contributed by atoms with Crippen molar-refractivity contribution in [3.63, 3.8) is 0 Å². The van der Waals surface area contributed by atoms with Gasteiger partial charge in [-0.25, -0.2) is 19.2 Å². The highest BCUT2D eigenvalue weighted by atomic mass is 16.5. The van der Waals surface area contributed by atoms with Crippen molar-refractivity contribution in [2.45, 2.75) is 94.5 Å². The molecule has 0 aliphatic carbocycles. The lowest BCUT2D eigenvalue weighted by molar-refractivity contribution is -0.138. The highest BCUT2D eigenvalue weighted by Gasteiger charge is 1.95. The van der Waals surface area contributed by atoms with Crippen molar-refractivity contribution in [2.75, 3.05) is 148 Å². The molecule has 0 aromatic carbocycles. The Morgan fingerprint density at radius 2 is 0.453 bits per heavy atom. The Labute approximate surface area is 398 Å². The molecular weight excluding hydrogens is 839 g/mol. The number of urea groups is 2. The van der Waals surface area contributed by atoms with Gasteiger partial charge in [0.25, 0.3) is 0 Å². The number of methoxy groups -OCH3 is 5. The van der Waals surface area contributed by atoms with Crippen LogP contribution in [0.3, 0.4) is 0 Å². The first-order valence-corrected chi connectivity index (χ1v) is 15.7. The summed E-state index contributed by atoms with van der Waals surface area (Å²) in [5.74, 6) is -0.306. The topological polar surface area (TPSA) is 247 Å². The molecule has 64 heavy (non-hydrogen) atoms. The minimum absolute atomic E-state index is 0. The van der Waals surface area contributed by atoms with E-state index in [1.54, 1.807) is 84.7 Å². The molecular formula is C42H115N9O13. The van der Waals surface area contributed by atoms with Crippen molar-refractivity contribution in [3.8, 4) is 0 Å². The number of alkyl carbamates (subject to hydrolysis) is 2. The van der Waals surface area contributed by atoms with Crippen LogP contribution in [-0.4, -0.2) is 221 Å². The normalized spacial score (nSPS) is 6.41. The van der Waals surface area contributed by atoms with Crippen LogP contribution in [0.15, 0.2) is 0 Å². The molecule has 0 unspecified atom stereocenters. The molecule has 0 aromatic heterocycles. The average Bonchev–Trinajstić information content (AvgIpc) is 3.11. The van der Waals surface area contributed by atoms with E-state index in [2.05, 4.69) is 45.0 Å². The number of amides is 8. The molecule has 0 heterocycles. The minimum Gasteiger partial charge on any atom is -0.469 e. The van der Waals surface area contributed by atoms with Crippen LogP contribution in [0.25, 0.3) is 0 Å². The van der Waals surface area contributed by atoms with Crippen molar-refractivity contribution < 1.29 is 62.0 Å². The van der Waals surface area contributed by atoms with Gasteiger partial charge in [0.1, 0.15) is 0 Å². The summed E-state index contributed by atoms with van der Waals surface area (Å²) in [5, 5.41) is 9.41. The highest BCUT2D eigenvalue weighted by Crippen LogP contribution is 1.72. The van der Waals surface area contributed by atoms with E-state index in [4.69, 9.17) is 0 Å². The molecule has 0 aliphatic rings. The fourth-order valence-corrected chi connectivity index (χ4v) is 0.651. The Morgan fingerprint density at radius 3 is 0.453 bits per heavy atom. The van der Waals surface area contributed by atoms with E-state index in [1.807, 2.05) is 26.0 Å². The van der Waals surface area contributed by atoms with Crippen LogP contribution in [0.4, 0.5) is 19.2 Å². The molecule has 406 valence electrons. The second kappa shape index (κ2) is 102. The van der Waals surface area contributed by atoms with Crippen molar-refractivity contribution >= 4 is 48.0 Å². The summed E-state index contributed by atoms with van der Waals surface area (Å²) < 4.78 is 20.8. The molecule has 0 spiro atoms. The highest BCUT2D eigenvalue weighted by molar-refractivity contribution is 5.73. The zero-order chi connectivity index (χ0) is 46.9. The van der Waals surface area contributed by atoms with E-state index in [-0.39, 0.29) is 103 Å². The van der Waals surface area contributed by atoms with Crippen LogP contribution in [0.2, 0.25) is 0 Å². The Kier molecular flexibility index (Phi) is 197. The first-order chi connectivity index (χ1) is 24.9. The summed E-state index contributed by atoms with van der Waals surface area (Å²) in [6.45, 7) is 5.78. The van der Waals surface area contributed by atoms with Crippen molar-refractivity contribution in [1.29, 1.82) is 0 Å². The number of hydrogen-bond acceptors (Lipinski definition) is 14. The van der Waals surface area contributed by atoms with Gasteiger partial charge in [0.2, 0.25) is 11.8 Å². The molecule has 22 heteroatoms. The molecule has 0 rings (SSSR count). The molecule has 22 nitrogen and oxygen atoms in total. The van der Waals surface area contributed by atoms with Crippen LogP contribution in [-0.2, 0) is 42.9 Å². The number of esters is 2. The summed E-state index contributed by atoms with van der Waals surface area (Å²) >= 11 is 0. The Balaban J connectivity index is -0.0000000205. The zero-order valence-electron chi connectivity index (χ0n) is 38.5. The number of nitrogens with zero attached hydrogens (tertiary/aromatic N) is 5. The van der Waals surface area contributed by atoms with E-state index in [9.17, 15) is 38.4 Å². The summed E-state index contributed by atoms with van der Waals surface area (Å²) in [4.78, 5) is 87.7. The molecule has 0 radical (unpaired) electrons. The van der Waals surface area contributed by atoms with Gasteiger partial charge >= 0.3 is 36.2 Å². The average molecular weight is 954 g/mol. The van der Waals surface area contributed by atoms with Gasteiger partial charge in [-0.2, -0.15) is 0 Å². The standard InChI is InChI=1S/2C4H10N2O.2C4H9NO.2C3H7NO2.C3H9N.2C3H6O2.C2H6O.9CH4/c2*1-5-4(7)6(2)3;2*1-4(6)5(2)3;2*1-4-3(5)6-2;1-4(2)3;2*1-3(4)5-2;1-3-2;;;;;;;;;/h2*1-3H3,(H,5,7);2*1-3H3;2*1-2H3,(H,4,5);1-3H3;2*1-2H3;1-2H3;9*1H4. The van der Waals surface area contributed by atoms with Crippen molar-refractivity contribution in [2.24, 2.45) is 0 Å². The van der Waals surface area contributed by atoms with Gasteiger partial charge in [0.05, 0.1) is 28.4 Å². The predicted octanol–water partition coefficient (Wildman–Crippen LogP) is 6.43. The van der Waals surface area contributed by atoms with E-state index in [1.165, 1.54) is 89.8 Å². The van der Waals surface area contributed by atoms with Gasteiger partial charge in [-0.3, -0.25) is 19.2 Å². The quantitative estimate of drug-likeness (QED) is 0.151. The lowest BCUT2D eigenvalue weighted by Gasteiger charge is -2.06. The zero-order valence-corrected chi connectivity index (χ0v) is 38.5. The summed E-state index contributed by atoms with van der Waals surface area (Å²) in [6.07, 6.45) is -0.815. The third kappa shape index (κ3) is 246. The van der Waals surface area contributed by atoms with Crippen molar-refractivity contribution in [1.82, 2.24) is 45.8 Å². The monoisotopic (exact) mass is 954 g/mol. The number of hydrogen-bond donors (Lipinski definition) is 4. The van der Waals surface area contributed by atoms with Crippen LogP contribution < -0.4 is 21.3 Å². The molecule has 0 aliphatic heterocycles. The van der Waals surface area contributed by atoms with Crippen LogP contribution in [0, 0.1) is 0 Å². The van der Waals surface area contributed by atoms with E-state index < -0.39 is 12.2 Å². The van der Waals surface area contributed by atoms with Crippen molar-refractivity contribution in [3.05, 3.63) is 0 Å². The number of ether oxygens (including phenoxy) is 5. The summed E-state index contributed by atoms with van der Waals surface area (Å²) in [5.41, 5.74) is 0. The van der Waals surface area contributed by atoms with Gasteiger partial charge in [-0.15, -0.1) is 0 Å². The largest absolute Gasteiger partial charge is 0.469 e. The minimum atomic E-state index is -0.407. The van der Waals surface area contributed by atoms with Gasteiger partial charge in [0.15, 0.2) is 0 Å². The first-order valence-electron chi connectivity index (χ1n) is 15.7. The number of nitrogens with one attached hydrogen (secondary N) is 4. The van der Waals surface area contributed by atoms with Crippen LogP contribution in [0.5, 0.6) is 0 Å². The van der Waals surface area contributed by atoms with E-state index >= 15 is 0 Å². The fourth-order valence-electron chi connectivity index (χ4n) is 0.651. The maximum atomic E-state index is 10.3. The van der Waals surface area contributed by atoms with E-state index in [0.29, 0.717) is 0 Å². The third-order valence-electron chi connectivity index (χ3n) is 3.85. The fraction of sp³-hybridized carbons (Fsp3) is 0.810. The van der Waals surface area contributed by atoms with Crippen LogP contribution >= 0.6 is 0 Å². The summed E-state index contributed by atoms with van der Waals surface area (Å²) in [6, 6.07) is -0.139. The lowest BCUT2D eigenvalue weighted by Crippen LogP contribution is -2.31.